The topological polar surface area (TPSA) is 57.6 Å². The van der Waals surface area contributed by atoms with Crippen molar-refractivity contribution >= 4 is 11.9 Å². The van der Waals surface area contributed by atoms with E-state index in [1.54, 1.807) is 0 Å². The second kappa shape index (κ2) is 5.07. The predicted molar refractivity (Wildman–Crippen MR) is 65.6 cm³/mol. The monoisotopic (exact) mass is 241 g/mol. The lowest BCUT2D eigenvalue weighted by Crippen LogP contribution is -2.45. The van der Waals surface area contributed by atoms with Gasteiger partial charge >= 0.3 is 5.97 Å². The summed E-state index contributed by atoms with van der Waals surface area (Å²) in [6.45, 7) is 9.27. The van der Waals surface area contributed by atoms with Crippen LogP contribution in [-0.4, -0.2) is 35.0 Å². The number of carboxylic acids is 1. The first-order valence-corrected chi connectivity index (χ1v) is 6.25. The molecule has 1 aliphatic heterocycles. The molecular weight excluding hydrogens is 218 g/mol. The molecule has 0 aromatic rings. The maximum Gasteiger partial charge on any atom is 0.306 e. The lowest BCUT2D eigenvalue weighted by Gasteiger charge is -2.35. The van der Waals surface area contributed by atoms with Crippen molar-refractivity contribution in [1.29, 1.82) is 0 Å². The summed E-state index contributed by atoms with van der Waals surface area (Å²) < 4.78 is 0. The van der Waals surface area contributed by atoms with Crippen LogP contribution in [0.15, 0.2) is 0 Å². The van der Waals surface area contributed by atoms with Crippen LogP contribution < -0.4 is 0 Å². The number of carboxylic acid groups (broad SMARTS) is 1. The number of nitrogens with zero attached hydrogens (tertiary/aromatic N) is 1. The molecule has 0 unspecified atom stereocenters. The Balaban J connectivity index is 2.55. The summed E-state index contributed by atoms with van der Waals surface area (Å²) in [5, 5.41) is 8.90. The van der Waals surface area contributed by atoms with Crippen molar-refractivity contribution in [2.75, 3.05) is 13.1 Å². The molecule has 1 fully saturated rings. The Labute approximate surface area is 103 Å². The molecule has 0 aromatic carbocycles. The van der Waals surface area contributed by atoms with E-state index in [4.69, 9.17) is 5.11 Å². The molecule has 0 spiro atoms. The van der Waals surface area contributed by atoms with Gasteiger partial charge in [0.15, 0.2) is 0 Å². The second-order valence-electron chi connectivity index (χ2n) is 6.03. The van der Waals surface area contributed by atoms with Gasteiger partial charge < -0.3 is 10.0 Å². The third-order valence-electron chi connectivity index (χ3n) is 3.83. The molecule has 98 valence electrons. The predicted octanol–water partition coefficient (Wildman–Crippen LogP) is 1.99. The summed E-state index contributed by atoms with van der Waals surface area (Å²) in [6.07, 6.45) is 1.16. The molecule has 0 bridgehead atoms. The normalized spacial score (nSPS) is 20.1. The Hall–Kier alpha value is -1.06. The van der Waals surface area contributed by atoms with Crippen LogP contribution in [-0.2, 0) is 9.59 Å². The summed E-state index contributed by atoms with van der Waals surface area (Å²) in [7, 11) is 0. The molecule has 1 saturated heterocycles. The average molecular weight is 241 g/mol. The lowest BCUT2D eigenvalue weighted by molar-refractivity contribution is -0.147. The van der Waals surface area contributed by atoms with Crippen LogP contribution >= 0.6 is 0 Å². The Morgan fingerprint density at radius 3 is 2.06 bits per heavy atom. The average Bonchev–Trinajstić information content (AvgIpc) is 2.26. The van der Waals surface area contributed by atoms with Crippen molar-refractivity contribution in [3.8, 4) is 0 Å². The molecule has 4 heteroatoms. The molecule has 0 aliphatic carbocycles. The SMILES string of the molecule is C[C@@H](C(=O)N1CCC(C(=O)O)CC1)C(C)(C)C. The standard InChI is InChI=1S/C13H23NO3/c1-9(13(2,3)4)11(15)14-7-5-10(6-8-14)12(16)17/h9-10H,5-8H2,1-4H3,(H,16,17)/t9-/m0/s1. The second-order valence-corrected chi connectivity index (χ2v) is 6.03. The molecular formula is C13H23NO3. The van der Waals surface area contributed by atoms with Gasteiger partial charge in [-0.1, -0.05) is 27.7 Å². The Kier molecular flexibility index (Phi) is 4.17. The van der Waals surface area contributed by atoms with Gasteiger partial charge in [0.05, 0.1) is 5.92 Å². The van der Waals surface area contributed by atoms with Gasteiger partial charge in [0, 0.05) is 19.0 Å². The summed E-state index contributed by atoms with van der Waals surface area (Å²) in [5.41, 5.74) is -0.0409. The molecule has 1 atom stereocenters. The molecule has 1 heterocycles. The summed E-state index contributed by atoms with van der Waals surface area (Å²) in [6, 6.07) is 0. The van der Waals surface area contributed by atoms with Crippen molar-refractivity contribution < 1.29 is 14.7 Å². The number of hydrogen-bond donors (Lipinski definition) is 1. The number of hydrogen-bond acceptors (Lipinski definition) is 2. The minimum Gasteiger partial charge on any atom is -0.481 e. The molecule has 0 aromatic heterocycles. The fourth-order valence-corrected chi connectivity index (χ4v) is 1.99. The van der Waals surface area contributed by atoms with Gasteiger partial charge in [-0.15, -0.1) is 0 Å². The van der Waals surface area contributed by atoms with Crippen LogP contribution in [0.3, 0.4) is 0 Å². The fraction of sp³-hybridized carbons (Fsp3) is 0.846. The van der Waals surface area contributed by atoms with Gasteiger partial charge in [0.1, 0.15) is 0 Å². The van der Waals surface area contributed by atoms with Crippen molar-refractivity contribution in [2.24, 2.45) is 17.3 Å². The highest BCUT2D eigenvalue weighted by Crippen LogP contribution is 2.28. The molecule has 1 amide bonds. The van der Waals surface area contributed by atoms with E-state index < -0.39 is 5.97 Å². The Morgan fingerprint density at radius 2 is 1.71 bits per heavy atom. The zero-order valence-electron chi connectivity index (χ0n) is 11.2. The van der Waals surface area contributed by atoms with Crippen molar-refractivity contribution in [2.45, 2.75) is 40.5 Å². The van der Waals surface area contributed by atoms with Crippen LogP contribution in [0, 0.1) is 17.3 Å². The molecule has 0 saturated carbocycles. The first-order chi connectivity index (χ1) is 7.73. The highest BCUT2D eigenvalue weighted by atomic mass is 16.4. The van der Waals surface area contributed by atoms with Crippen molar-refractivity contribution in [3.05, 3.63) is 0 Å². The van der Waals surface area contributed by atoms with Crippen molar-refractivity contribution in [1.82, 2.24) is 4.90 Å². The highest BCUT2D eigenvalue weighted by molar-refractivity contribution is 5.79. The highest BCUT2D eigenvalue weighted by Gasteiger charge is 2.33. The smallest absolute Gasteiger partial charge is 0.306 e. The van der Waals surface area contributed by atoms with E-state index >= 15 is 0 Å². The Morgan fingerprint density at radius 1 is 1.24 bits per heavy atom. The maximum atomic E-state index is 12.2. The number of carbonyl (C=O) groups is 2. The molecule has 0 radical (unpaired) electrons. The summed E-state index contributed by atoms with van der Waals surface area (Å²) >= 11 is 0. The minimum absolute atomic E-state index is 0.0242. The van der Waals surface area contributed by atoms with Gasteiger partial charge in [-0.3, -0.25) is 9.59 Å². The van der Waals surface area contributed by atoms with E-state index in [0.29, 0.717) is 25.9 Å². The van der Waals surface area contributed by atoms with Crippen molar-refractivity contribution in [3.63, 3.8) is 0 Å². The molecule has 4 nitrogen and oxygen atoms in total. The third kappa shape index (κ3) is 3.45. The van der Waals surface area contributed by atoms with Crippen LogP contribution in [0.1, 0.15) is 40.5 Å². The van der Waals surface area contributed by atoms with Crippen LogP contribution in [0.4, 0.5) is 0 Å². The van der Waals surface area contributed by atoms with Crippen LogP contribution in [0.2, 0.25) is 0 Å². The molecule has 17 heavy (non-hydrogen) atoms. The van der Waals surface area contributed by atoms with Crippen LogP contribution in [0.25, 0.3) is 0 Å². The summed E-state index contributed by atoms with van der Waals surface area (Å²) in [4.78, 5) is 24.8. The van der Waals surface area contributed by atoms with E-state index in [9.17, 15) is 9.59 Å². The summed E-state index contributed by atoms with van der Waals surface area (Å²) in [5.74, 6) is -0.879. The number of aliphatic carboxylic acids is 1. The Bertz CT molecular complexity index is 298. The molecule has 1 aliphatic rings. The van der Waals surface area contributed by atoms with E-state index in [1.165, 1.54) is 0 Å². The quantitative estimate of drug-likeness (QED) is 0.804. The van der Waals surface area contributed by atoms with E-state index in [-0.39, 0.29) is 23.2 Å². The third-order valence-corrected chi connectivity index (χ3v) is 3.83. The fourth-order valence-electron chi connectivity index (χ4n) is 1.99. The van der Waals surface area contributed by atoms with Crippen LogP contribution in [0.5, 0.6) is 0 Å². The number of piperidine rings is 1. The number of carbonyl (C=O) groups excluding carboxylic acids is 1. The lowest BCUT2D eigenvalue weighted by atomic mass is 9.81. The first kappa shape index (κ1) is 14.0. The number of amides is 1. The van der Waals surface area contributed by atoms with E-state index in [2.05, 4.69) is 20.8 Å². The minimum atomic E-state index is -0.735. The molecule has 1 rings (SSSR count). The van der Waals surface area contributed by atoms with Gasteiger partial charge in [0.25, 0.3) is 0 Å². The first-order valence-electron chi connectivity index (χ1n) is 6.25. The zero-order valence-corrected chi connectivity index (χ0v) is 11.2. The van der Waals surface area contributed by atoms with E-state index in [1.807, 2.05) is 11.8 Å². The zero-order chi connectivity index (χ0) is 13.2. The number of rotatable bonds is 2. The maximum absolute atomic E-state index is 12.2. The number of likely N-dealkylation sites (tertiary alicyclic amines) is 1. The van der Waals surface area contributed by atoms with Gasteiger partial charge in [-0.05, 0) is 18.3 Å². The largest absolute Gasteiger partial charge is 0.481 e. The molecule has 1 N–H and O–H groups in total. The van der Waals surface area contributed by atoms with Gasteiger partial charge in [0.2, 0.25) is 5.91 Å². The van der Waals surface area contributed by atoms with Gasteiger partial charge in [-0.25, -0.2) is 0 Å². The van der Waals surface area contributed by atoms with Gasteiger partial charge in [-0.2, -0.15) is 0 Å². The van der Waals surface area contributed by atoms with E-state index in [0.717, 1.165) is 0 Å².